The van der Waals surface area contributed by atoms with Gasteiger partial charge < -0.3 is 5.11 Å². The van der Waals surface area contributed by atoms with Crippen LogP contribution in [0.4, 0.5) is 0 Å². The number of fused-ring (bicyclic) bond motifs is 2. The maximum atomic E-state index is 12.4. The fraction of sp³-hybridized carbons (Fsp3) is 0.556. The number of rotatable bonds is 4. The Morgan fingerprint density at radius 2 is 1.70 bits per heavy atom. The number of carbonyl (C=O) groups is 2. The Kier molecular flexibility index (Phi) is 4.50. The number of carbonyl (C=O) groups excluding carboxylic acids is 1. The fourth-order valence-corrected chi connectivity index (χ4v) is 3.71. The summed E-state index contributed by atoms with van der Waals surface area (Å²) in [5, 5.41) is 8.95. The summed E-state index contributed by atoms with van der Waals surface area (Å²) in [6.07, 6.45) is 0. The lowest BCUT2D eigenvalue weighted by molar-refractivity contribution is -0.138. The molecular formula is C18H24N2O3. The summed E-state index contributed by atoms with van der Waals surface area (Å²) in [6, 6.07) is 7.53. The van der Waals surface area contributed by atoms with E-state index in [1.54, 1.807) is 12.1 Å². The van der Waals surface area contributed by atoms with E-state index in [-0.39, 0.29) is 11.8 Å². The van der Waals surface area contributed by atoms with Gasteiger partial charge in [-0.1, -0.05) is 12.1 Å². The highest BCUT2D eigenvalue weighted by molar-refractivity contribution is 5.87. The molecule has 2 bridgehead atoms. The van der Waals surface area contributed by atoms with Gasteiger partial charge in [0.05, 0.1) is 5.56 Å². The number of hydrogen-bond donors (Lipinski definition) is 1. The maximum absolute atomic E-state index is 12.4. The number of carboxylic acid groups (broad SMARTS) is 1. The average molecular weight is 316 g/mol. The second kappa shape index (κ2) is 6.42. The minimum atomic E-state index is -0.900. The van der Waals surface area contributed by atoms with Crippen LogP contribution in [-0.2, 0) is 11.3 Å². The molecule has 2 aliphatic heterocycles. The van der Waals surface area contributed by atoms with Crippen molar-refractivity contribution in [2.45, 2.75) is 26.4 Å². The Morgan fingerprint density at radius 1 is 1.13 bits per heavy atom. The molecule has 2 heterocycles. The van der Waals surface area contributed by atoms with Gasteiger partial charge in [0, 0.05) is 50.6 Å². The van der Waals surface area contributed by atoms with Gasteiger partial charge in [0.15, 0.2) is 0 Å². The first kappa shape index (κ1) is 16.1. The summed E-state index contributed by atoms with van der Waals surface area (Å²) >= 11 is 0. The van der Waals surface area contributed by atoms with Gasteiger partial charge in [0.25, 0.3) is 0 Å². The predicted molar refractivity (Wildman–Crippen MR) is 87.4 cm³/mol. The van der Waals surface area contributed by atoms with Crippen LogP contribution in [-0.4, -0.2) is 58.9 Å². The van der Waals surface area contributed by atoms with Crippen molar-refractivity contribution in [3.05, 3.63) is 35.4 Å². The maximum Gasteiger partial charge on any atom is 0.335 e. The summed E-state index contributed by atoms with van der Waals surface area (Å²) in [5.74, 6) is -0.241. The van der Waals surface area contributed by atoms with Gasteiger partial charge in [-0.25, -0.2) is 4.79 Å². The van der Waals surface area contributed by atoms with Crippen LogP contribution in [0.3, 0.4) is 0 Å². The van der Waals surface area contributed by atoms with Crippen molar-refractivity contribution >= 4 is 11.8 Å². The molecule has 3 rings (SSSR count). The molecule has 5 nitrogen and oxygen atoms in total. The first-order chi connectivity index (χ1) is 10.9. The summed E-state index contributed by atoms with van der Waals surface area (Å²) in [6.45, 7) is 8.49. The van der Waals surface area contributed by atoms with Crippen LogP contribution in [0.25, 0.3) is 0 Å². The number of Topliss-reactive ketones (excluding diaryl/α,β-unsaturated/α-hetero) is 1. The summed E-state index contributed by atoms with van der Waals surface area (Å²) in [4.78, 5) is 28.0. The van der Waals surface area contributed by atoms with Crippen molar-refractivity contribution in [1.82, 2.24) is 9.80 Å². The van der Waals surface area contributed by atoms with E-state index in [1.807, 2.05) is 12.1 Å². The van der Waals surface area contributed by atoms with Crippen molar-refractivity contribution in [1.29, 1.82) is 0 Å². The second-order valence-electron chi connectivity index (χ2n) is 7.04. The molecule has 2 fully saturated rings. The normalized spacial score (nSPS) is 25.8. The van der Waals surface area contributed by atoms with Crippen molar-refractivity contribution in [2.75, 3.05) is 26.2 Å². The van der Waals surface area contributed by atoms with Crippen molar-refractivity contribution in [3.8, 4) is 0 Å². The Hall–Kier alpha value is -1.72. The number of benzene rings is 1. The second-order valence-corrected chi connectivity index (χ2v) is 7.04. The summed E-state index contributed by atoms with van der Waals surface area (Å²) < 4.78 is 0. The van der Waals surface area contributed by atoms with Gasteiger partial charge in [-0.3, -0.25) is 14.6 Å². The van der Waals surface area contributed by atoms with Crippen LogP contribution in [0.1, 0.15) is 29.8 Å². The molecule has 0 saturated carbocycles. The number of piperidine rings is 2. The van der Waals surface area contributed by atoms with E-state index in [1.165, 1.54) is 0 Å². The molecule has 1 N–H and O–H groups in total. The van der Waals surface area contributed by atoms with Gasteiger partial charge in [-0.05, 0) is 31.5 Å². The highest BCUT2D eigenvalue weighted by Crippen LogP contribution is 2.27. The topological polar surface area (TPSA) is 60.9 Å². The molecule has 1 aromatic rings. The third-order valence-corrected chi connectivity index (χ3v) is 5.01. The standard InChI is InChI=1S/C18H24N2O3/c1-12(2)20-10-15-8-19(9-16(11-20)17(15)21)7-13-3-5-14(6-4-13)18(22)23/h3-6,12,15-16H,7-11H2,1-2H3,(H,22,23). The molecule has 23 heavy (non-hydrogen) atoms. The quantitative estimate of drug-likeness (QED) is 0.916. The van der Waals surface area contributed by atoms with Crippen LogP contribution in [0, 0.1) is 11.8 Å². The zero-order valence-corrected chi connectivity index (χ0v) is 13.7. The molecule has 5 heteroatoms. The molecule has 0 aliphatic carbocycles. The van der Waals surface area contributed by atoms with Gasteiger partial charge >= 0.3 is 5.97 Å². The minimum Gasteiger partial charge on any atom is -0.478 e. The molecule has 0 radical (unpaired) electrons. The molecule has 2 saturated heterocycles. The zero-order chi connectivity index (χ0) is 16.6. The summed E-state index contributed by atoms with van der Waals surface area (Å²) in [5.41, 5.74) is 1.41. The van der Waals surface area contributed by atoms with E-state index in [4.69, 9.17) is 5.11 Å². The largest absolute Gasteiger partial charge is 0.478 e. The van der Waals surface area contributed by atoms with Crippen LogP contribution in [0.5, 0.6) is 0 Å². The van der Waals surface area contributed by atoms with E-state index >= 15 is 0 Å². The third-order valence-electron chi connectivity index (χ3n) is 5.01. The summed E-state index contributed by atoms with van der Waals surface area (Å²) in [7, 11) is 0. The van der Waals surface area contributed by atoms with E-state index in [0.29, 0.717) is 17.4 Å². The van der Waals surface area contributed by atoms with E-state index < -0.39 is 5.97 Å². The average Bonchev–Trinajstić information content (AvgIpc) is 2.48. The minimum absolute atomic E-state index is 0.114. The highest BCUT2D eigenvalue weighted by Gasteiger charge is 2.41. The highest BCUT2D eigenvalue weighted by atomic mass is 16.4. The lowest BCUT2D eigenvalue weighted by atomic mass is 9.82. The van der Waals surface area contributed by atoms with Crippen LogP contribution in [0.15, 0.2) is 24.3 Å². The number of nitrogens with zero attached hydrogens (tertiary/aromatic N) is 2. The molecule has 2 atom stereocenters. The molecule has 1 aromatic carbocycles. The SMILES string of the molecule is CC(C)N1CC2CN(Cc3ccc(C(=O)O)cc3)CC(C1)C2=O. The Labute approximate surface area is 136 Å². The van der Waals surface area contributed by atoms with Crippen LogP contribution in [0.2, 0.25) is 0 Å². The Balaban J connectivity index is 1.65. The first-order valence-electron chi connectivity index (χ1n) is 8.26. The van der Waals surface area contributed by atoms with Crippen LogP contribution < -0.4 is 0 Å². The Morgan fingerprint density at radius 3 is 2.17 bits per heavy atom. The molecule has 2 aliphatic rings. The molecule has 2 unspecified atom stereocenters. The lowest BCUT2D eigenvalue weighted by Gasteiger charge is -2.46. The van der Waals surface area contributed by atoms with Gasteiger partial charge in [-0.15, -0.1) is 0 Å². The number of carboxylic acids is 1. The van der Waals surface area contributed by atoms with Gasteiger partial charge in [0.2, 0.25) is 0 Å². The molecule has 0 amide bonds. The third kappa shape index (κ3) is 3.46. The van der Waals surface area contributed by atoms with Crippen molar-refractivity contribution in [2.24, 2.45) is 11.8 Å². The monoisotopic (exact) mass is 316 g/mol. The predicted octanol–water partition coefficient (Wildman–Crippen LogP) is 1.73. The van der Waals surface area contributed by atoms with E-state index in [2.05, 4.69) is 23.6 Å². The number of ketones is 1. The number of aromatic carboxylic acids is 1. The first-order valence-corrected chi connectivity index (χ1v) is 8.26. The molecule has 0 spiro atoms. The lowest BCUT2D eigenvalue weighted by Crippen LogP contribution is -2.59. The van der Waals surface area contributed by atoms with Crippen LogP contribution >= 0.6 is 0 Å². The van der Waals surface area contributed by atoms with Crippen molar-refractivity contribution in [3.63, 3.8) is 0 Å². The zero-order valence-electron chi connectivity index (χ0n) is 13.7. The van der Waals surface area contributed by atoms with Crippen molar-refractivity contribution < 1.29 is 14.7 Å². The van der Waals surface area contributed by atoms with Gasteiger partial charge in [-0.2, -0.15) is 0 Å². The fourth-order valence-electron chi connectivity index (χ4n) is 3.71. The number of hydrogen-bond acceptors (Lipinski definition) is 4. The van der Waals surface area contributed by atoms with Gasteiger partial charge in [0.1, 0.15) is 5.78 Å². The molecule has 124 valence electrons. The van der Waals surface area contributed by atoms with E-state index in [0.717, 1.165) is 38.3 Å². The van der Waals surface area contributed by atoms with E-state index in [9.17, 15) is 9.59 Å². The molecule has 0 aromatic heterocycles. The number of likely N-dealkylation sites (tertiary alicyclic amines) is 2. The molecular weight excluding hydrogens is 292 g/mol. The Bertz CT molecular complexity index is 579. The smallest absolute Gasteiger partial charge is 0.335 e.